The molecule has 5 aromatic rings. The highest BCUT2D eigenvalue weighted by Gasteiger charge is 2.34. The molecule has 3 saturated heterocycles. The summed E-state index contributed by atoms with van der Waals surface area (Å²) in [5, 5.41) is 7.86. The summed E-state index contributed by atoms with van der Waals surface area (Å²) in [4.78, 5) is 46.7. The Morgan fingerprint density at radius 1 is 0.900 bits per heavy atom. The zero-order valence-corrected chi connectivity index (χ0v) is 27.8. The van der Waals surface area contributed by atoms with Crippen LogP contribution in [0.5, 0.6) is 11.5 Å². The number of pyridine rings is 1. The molecule has 4 aliphatic heterocycles. The molecule has 3 aromatic carbocycles. The number of halogens is 1. The van der Waals surface area contributed by atoms with Gasteiger partial charge in [-0.15, -0.1) is 0 Å². The van der Waals surface area contributed by atoms with Crippen molar-refractivity contribution in [1.82, 2.24) is 25.0 Å². The molecule has 6 heterocycles. The Morgan fingerprint density at radius 3 is 2.50 bits per heavy atom. The van der Waals surface area contributed by atoms with Crippen LogP contribution < -0.4 is 25.7 Å². The number of nitrogens with one attached hydrogen (secondary N) is 2. The number of benzene rings is 3. The average Bonchev–Trinajstić information content (AvgIpc) is 3.94. The third-order valence-electron chi connectivity index (χ3n) is 10.7. The lowest BCUT2D eigenvalue weighted by Crippen LogP contribution is -2.42. The Labute approximate surface area is 287 Å². The molecular formula is C38H39FN6O5. The van der Waals surface area contributed by atoms with Crippen molar-refractivity contribution >= 4 is 50.3 Å². The van der Waals surface area contributed by atoms with Gasteiger partial charge in [-0.2, -0.15) is 0 Å². The number of carbonyl (C=O) groups excluding carboxylic acids is 2. The summed E-state index contributed by atoms with van der Waals surface area (Å²) < 4.78 is 31.0. The first-order valence-corrected chi connectivity index (χ1v) is 17.7. The molecule has 0 aliphatic carbocycles. The number of ether oxygens (including phenoxy) is 1. The molecule has 11 nitrogen and oxygen atoms in total. The van der Waals surface area contributed by atoms with E-state index in [9.17, 15) is 14.4 Å². The van der Waals surface area contributed by atoms with Crippen molar-refractivity contribution in [1.29, 1.82) is 0 Å². The van der Waals surface area contributed by atoms with Crippen LogP contribution in [0.25, 0.3) is 38.5 Å². The summed E-state index contributed by atoms with van der Waals surface area (Å²) in [6.45, 7) is 6.21. The predicted octanol–water partition coefficient (Wildman–Crippen LogP) is 4.75. The van der Waals surface area contributed by atoms with Crippen LogP contribution in [0.1, 0.15) is 42.5 Å². The zero-order valence-electron chi connectivity index (χ0n) is 27.8. The molecule has 9 rings (SSSR count). The van der Waals surface area contributed by atoms with Crippen molar-refractivity contribution in [2.45, 2.75) is 38.1 Å². The summed E-state index contributed by atoms with van der Waals surface area (Å²) in [5.41, 5.74) is 1.88. The first-order chi connectivity index (χ1) is 24.4. The number of aromatic nitrogens is 1. The van der Waals surface area contributed by atoms with Crippen molar-refractivity contribution in [3.8, 4) is 17.2 Å². The van der Waals surface area contributed by atoms with Crippen LogP contribution in [0.2, 0.25) is 0 Å². The molecule has 0 bridgehead atoms. The van der Waals surface area contributed by atoms with Crippen LogP contribution in [0, 0.1) is 5.82 Å². The Morgan fingerprint density at radius 2 is 1.68 bits per heavy atom. The molecule has 0 saturated carbocycles. The minimum atomic E-state index is -0.620. The minimum absolute atomic E-state index is 0.0271. The fourth-order valence-electron chi connectivity index (χ4n) is 8.21. The number of furan rings is 1. The standard InChI is InChI=1S/C38H39FN6O5/c39-28-17-26-34-37(35(28)44-15-9-23(20-44)41-33(46)22-43-13-5-6-14-43)50-32-18-25-24-7-1-2-8-30(24)49-31(25)19-29(32)45(34)21-27(36(26)47)38(48)40-10-16-42-11-3-4-12-42/h1-2,7-8,17-19,21,23H,3-6,9-16,20,22H2,(H,40,48)(H,41,46)/t23-/m1/s1. The number of likely N-dealkylation sites (tertiary alicyclic amines) is 2. The number of nitrogens with zero attached hydrogens (tertiary/aromatic N) is 4. The van der Waals surface area contributed by atoms with Crippen molar-refractivity contribution < 1.29 is 23.1 Å². The Kier molecular flexibility index (Phi) is 7.73. The lowest BCUT2D eigenvalue weighted by molar-refractivity contribution is -0.122. The molecule has 258 valence electrons. The number of rotatable bonds is 8. The van der Waals surface area contributed by atoms with E-state index in [0.29, 0.717) is 67.3 Å². The van der Waals surface area contributed by atoms with Crippen LogP contribution in [0.15, 0.2) is 57.9 Å². The zero-order chi connectivity index (χ0) is 33.9. The summed E-state index contributed by atoms with van der Waals surface area (Å²) >= 11 is 0. The van der Waals surface area contributed by atoms with Gasteiger partial charge in [0.25, 0.3) is 5.91 Å². The largest absolute Gasteiger partial charge is 0.456 e. The molecule has 50 heavy (non-hydrogen) atoms. The predicted molar refractivity (Wildman–Crippen MR) is 189 cm³/mol. The van der Waals surface area contributed by atoms with Gasteiger partial charge < -0.3 is 34.2 Å². The number of amides is 2. The van der Waals surface area contributed by atoms with Gasteiger partial charge in [0.15, 0.2) is 17.3 Å². The number of anilines is 1. The molecule has 2 N–H and O–H groups in total. The van der Waals surface area contributed by atoms with E-state index in [2.05, 4.69) is 20.4 Å². The third-order valence-corrected chi connectivity index (χ3v) is 10.7. The molecule has 3 fully saturated rings. The average molecular weight is 679 g/mol. The fraction of sp³-hybridized carbons (Fsp3) is 0.395. The lowest BCUT2D eigenvalue weighted by atomic mass is 10.0. The van der Waals surface area contributed by atoms with E-state index in [1.54, 1.807) is 10.8 Å². The molecule has 12 heteroatoms. The number of para-hydroxylation sites is 1. The summed E-state index contributed by atoms with van der Waals surface area (Å²) in [6, 6.07) is 12.5. The second kappa shape index (κ2) is 12.4. The van der Waals surface area contributed by atoms with E-state index < -0.39 is 17.2 Å². The van der Waals surface area contributed by atoms with Gasteiger partial charge in [0.2, 0.25) is 11.3 Å². The molecule has 2 aromatic heterocycles. The molecule has 0 spiro atoms. The summed E-state index contributed by atoms with van der Waals surface area (Å²) in [6.07, 6.45) is 6.69. The van der Waals surface area contributed by atoms with Crippen LogP contribution in [0.4, 0.5) is 10.1 Å². The molecule has 2 amide bonds. The van der Waals surface area contributed by atoms with Gasteiger partial charge in [0, 0.05) is 55.3 Å². The van der Waals surface area contributed by atoms with E-state index in [1.165, 1.54) is 6.07 Å². The van der Waals surface area contributed by atoms with Gasteiger partial charge in [-0.1, -0.05) is 18.2 Å². The molecule has 1 atom stereocenters. The van der Waals surface area contributed by atoms with Gasteiger partial charge in [0.1, 0.15) is 27.9 Å². The highest BCUT2D eigenvalue weighted by Crippen LogP contribution is 2.49. The SMILES string of the molecule is O=C(CN1CCCC1)N[C@@H]1CCN(c2c(F)cc3c(=O)c(C(=O)NCCN4CCCC4)cn4c3c2Oc2cc3c(cc2-4)oc2ccccc23)C1. The maximum Gasteiger partial charge on any atom is 0.256 e. The monoisotopic (exact) mass is 678 g/mol. The highest BCUT2D eigenvalue weighted by atomic mass is 19.1. The van der Waals surface area contributed by atoms with Crippen LogP contribution in [-0.4, -0.2) is 91.1 Å². The minimum Gasteiger partial charge on any atom is -0.456 e. The van der Waals surface area contributed by atoms with Gasteiger partial charge in [-0.25, -0.2) is 4.39 Å². The van der Waals surface area contributed by atoms with Crippen molar-refractivity contribution in [2.75, 3.05) is 63.8 Å². The van der Waals surface area contributed by atoms with Crippen LogP contribution in [0.3, 0.4) is 0 Å². The van der Waals surface area contributed by atoms with E-state index in [4.69, 9.17) is 9.15 Å². The second-order valence-electron chi connectivity index (χ2n) is 14.0. The maximum atomic E-state index is 16.4. The van der Waals surface area contributed by atoms with Gasteiger partial charge in [-0.3, -0.25) is 19.3 Å². The van der Waals surface area contributed by atoms with Gasteiger partial charge in [-0.05, 0) is 76.5 Å². The van der Waals surface area contributed by atoms with Crippen molar-refractivity contribution in [3.05, 3.63) is 70.3 Å². The first kappa shape index (κ1) is 31.1. The molecule has 0 radical (unpaired) electrons. The lowest BCUT2D eigenvalue weighted by Gasteiger charge is -2.29. The highest BCUT2D eigenvalue weighted by molar-refractivity contribution is 6.07. The van der Waals surface area contributed by atoms with Gasteiger partial charge in [0.05, 0.1) is 17.6 Å². The van der Waals surface area contributed by atoms with Crippen LogP contribution >= 0.6 is 0 Å². The van der Waals surface area contributed by atoms with E-state index >= 15 is 4.39 Å². The maximum absolute atomic E-state index is 16.4. The molecular weight excluding hydrogens is 639 g/mol. The quantitative estimate of drug-likeness (QED) is 0.237. The Hall–Kier alpha value is -4.94. The van der Waals surface area contributed by atoms with E-state index in [-0.39, 0.29) is 34.3 Å². The number of fused-ring (bicyclic) bond motifs is 5. The smallest absolute Gasteiger partial charge is 0.256 e. The number of carbonyl (C=O) groups is 2. The normalized spacial score (nSPS) is 19.1. The fourth-order valence-corrected chi connectivity index (χ4v) is 8.21. The van der Waals surface area contributed by atoms with Crippen molar-refractivity contribution in [3.63, 3.8) is 0 Å². The Balaban J connectivity index is 1.11. The second-order valence-corrected chi connectivity index (χ2v) is 14.0. The molecule has 4 aliphatic rings. The summed E-state index contributed by atoms with van der Waals surface area (Å²) in [5.74, 6) is -0.494. The van der Waals surface area contributed by atoms with E-state index in [1.807, 2.05) is 41.3 Å². The Bertz CT molecular complexity index is 2230. The summed E-state index contributed by atoms with van der Waals surface area (Å²) in [7, 11) is 0. The third kappa shape index (κ3) is 5.37. The first-order valence-electron chi connectivity index (χ1n) is 17.7. The van der Waals surface area contributed by atoms with Crippen LogP contribution in [-0.2, 0) is 4.79 Å². The van der Waals surface area contributed by atoms with E-state index in [0.717, 1.165) is 62.6 Å². The number of hydrogen-bond donors (Lipinski definition) is 2. The number of hydrogen-bond acceptors (Lipinski definition) is 8. The van der Waals surface area contributed by atoms with Crippen molar-refractivity contribution in [2.24, 2.45) is 0 Å². The molecule has 0 unspecified atom stereocenters. The van der Waals surface area contributed by atoms with Gasteiger partial charge >= 0.3 is 0 Å². The topological polar surface area (TPSA) is 112 Å².